The Labute approximate surface area is 142 Å². The number of nitrogens with zero attached hydrogens (tertiary/aromatic N) is 2. The topological polar surface area (TPSA) is 59.0 Å². The van der Waals surface area contributed by atoms with Crippen molar-refractivity contribution in [1.82, 2.24) is 20.2 Å². The average Bonchev–Trinajstić information content (AvgIpc) is 2.96. The summed E-state index contributed by atoms with van der Waals surface area (Å²) in [6.07, 6.45) is 5.37. The molecule has 1 atom stereocenters. The molecule has 1 unspecified atom stereocenters. The maximum atomic E-state index is 12.9. The summed E-state index contributed by atoms with van der Waals surface area (Å²) in [6, 6.07) is 7.25. The highest BCUT2D eigenvalue weighted by Crippen LogP contribution is 2.43. The Morgan fingerprint density at radius 3 is 3.00 bits per heavy atom. The van der Waals surface area contributed by atoms with Crippen molar-refractivity contribution < 1.29 is 0 Å². The van der Waals surface area contributed by atoms with Gasteiger partial charge < -0.3 is 10.6 Å². The van der Waals surface area contributed by atoms with Crippen LogP contribution >= 0.6 is 23.4 Å². The summed E-state index contributed by atoms with van der Waals surface area (Å²) in [5.74, 6) is 0. The minimum atomic E-state index is -0.104. The SMILES string of the molecule is CNC1=C2c3ncn(-c4ccccc4Cl)c(=O)c3SC2NC=C1. The predicted octanol–water partition coefficient (Wildman–Crippen LogP) is 2.37. The first-order chi connectivity index (χ1) is 11.2. The van der Waals surface area contributed by atoms with E-state index >= 15 is 0 Å². The van der Waals surface area contributed by atoms with Gasteiger partial charge in [-0.1, -0.05) is 35.5 Å². The number of allylic oxidation sites excluding steroid dienone is 1. The highest BCUT2D eigenvalue weighted by atomic mass is 35.5. The van der Waals surface area contributed by atoms with Crippen LogP contribution in [-0.4, -0.2) is 22.0 Å². The van der Waals surface area contributed by atoms with Gasteiger partial charge in [-0.15, -0.1) is 0 Å². The van der Waals surface area contributed by atoms with Gasteiger partial charge in [0, 0.05) is 18.3 Å². The molecule has 23 heavy (non-hydrogen) atoms. The lowest BCUT2D eigenvalue weighted by molar-refractivity contribution is 0.868. The van der Waals surface area contributed by atoms with E-state index in [4.69, 9.17) is 11.6 Å². The summed E-state index contributed by atoms with van der Waals surface area (Å²) >= 11 is 7.69. The molecule has 0 bridgehead atoms. The molecule has 0 radical (unpaired) electrons. The molecule has 0 saturated heterocycles. The summed E-state index contributed by atoms with van der Waals surface area (Å²) in [7, 11) is 1.86. The number of likely N-dealkylation sites (N-methyl/N-ethyl adjacent to an activating group) is 1. The molecule has 7 heteroatoms. The molecular weight excluding hydrogens is 332 g/mol. The van der Waals surface area contributed by atoms with Crippen molar-refractivity contribution in [2.45, 2.75) is 10.3 Å². The lowest BCUT2D eigenvalue weighted by Gasteiger charge is -2.19. The van der Waals surface area contributed by atoms with Crippen LogP contribution < -0.4 is 16.2 Å². The quantitative estimate of drug-likeness (QED) is 0.876. The van der Waals surface area contributed by atoms with Crippen LogP contribution in [0, 0.1) is 0 Å². The van der Waals surface area contributed by atoms with Crippen LogP contribution in [0.5, 0.6) is 0 Å². The molecular formula is C16H13ClN4OS. The Bertz CT molecular complexity index is 919. The van der Waals surface area contributed by atoms with E-state index in [0.29, 0.717) is 15.6 Å². The number of halogens is 1. The first kappa shape index (κ1) is 14.4. The molecule has 2 aliphatic heterocycles. The lowest BCUT2D eigenvalue weighted by Crippen LogP contribution is -2.26. The molecule has 3 heterocycles. The predicted molar refractivity (Wildman–Crippen MR) is 92.7 cm³/mol. The van der Waals surface area contributed by atoms with Crippen LogP contribution in [0.1, 0.15) is 5.69 Å². The molecule has 5 nitrogen and oxygen atoms in total. The van der Waals surface area contributed by atoms with Crippen molar-refractivity contribution >= 4 is 28.9 Å². The zero-order valence-electron chi connectivity index (χ0n) is 12.2. The molecule has 4 rings (SSSR count). The van der Waals surface area contributed by atoms with Crippen LogP contribution in [0.4, 0.5) is 0 Å². The Morgan fingerprint density at radius 1 is 1.39 bits per heavy atom. The van der Waals surface area contributed by atoms with Gasteiger partial charge >= 0.3 is 0 Å². The summed E-state index contributed by atoms with van der Waals surface area (Å²) in [4.78, 5) is 18.1. The Morgan fingerprint density at radius 2 is 2.22 bits per heavy atom. The zero-order valence-corrected chi connectivity index (χ0v) is 13.8. The maximum Gasteiger partial charge on any atom is 0.272 e. The number of hydrogen-bond donors (Lipinski definition) is 2. The van der Waals surface area contributed by atoms with E-state index in [1.54, 1.807) is 12.4 Å². The third kappa shape index (κ3) is 2.17. The Balaban J connectivity index is 1.92. The number of dihydropyridines is 1. The number of thioether (sulfide) groups is 1. The van der Waals surface area contributed by atoms with Gasteiger partial charge in [-0.05, 0) is 24.4 Å². The molecule has 0 aliphatic carbocycles. The fraction of sp³-hybridized carbons (Fsp3) is 0.125. The number of rotatable bonds is 2. The standard InChI is InChI=1S/C16H13ClN4OS/c1-18-10-6-7-19-15-12(10)13-14(23-15)16(22)21(8-20-13)11-5-3-2-4-9(11)17/h2-8,15,18-19H,1H3. The van der Waals surface area contributed by atoms with E-state index in [2.05, 4.69) is 15.6 Å². The minimum Gasteiger partial charge on any atom is -0.388 e. The summed E-state index contributed by atoms with van der Waals surface area (Å²) in [6.45, 7) is 0. The van der Waals surface area contributed by atoms with Gasteiger partial charge in [-0.2, -0.15) is 0 Å². The van der Waals surface area contributed by atoms with Gasteiger partial charge in [0.2, 0.25) is 0 Å². The van der Waals surface area contributed by atoms with E-state index < -0.39 is 0 Å². The number of benzene rings is 1. The van der Waals surface area contributed by atoms with Gasteiger partial charge in [-0.3, -0.25) is 9.36 Å². The van der Waals surface area contributed by atoms with E-state index in [0.717, 1.165) is 17.0 Å². The smallest absolute Gasteiger partial charge is 0.272 e. The highest BCUT2D eigenvalue weighted by Gasteiger charge is 2.35. The van der Waals surface area contributed by atoms with Gasteiger partial charge in [0.15, 0.2) is 0 Å². The first-order valence-corrected chi connectivity index (χ1v) is 8.34. The fourth-order valence-corrected chi connectivity index (χ4v) is 4.21. The molecule has 0 amide bonds. The number of fused-ring (bicyclic) bond motifs is 3. The Hall–Kier alpha value is -2.18. The minimum absolute atomic E-state index is 0.000236. The second-order valence-corrected chi connectivity index (χ2v) is 6.65. The Kier molecular flexibility index (Phi) is 3.43. The van der Waals surface area contributed by atoms with Gasteiger partial charge in [0.1, 0.15) is 16.6 Å². The second-order valence-electron chi connectivity index (χ2n) is 5.12. The molecule has 2 aromatic rings. The summed E-state index contributed by atoms with van der Waals surface area (Å²) in [5.41, 5.74) is 3.25. The maximum absolute atomic E-state index is 12.9. The number of aromatic nitrogens is 2. The average molecular weight is 345 g/mol. The van der Waals surface area contributed by atoms with E-state index in [-0.39, 0.29) is 10.9 Å². The van der Waals surface area contributed by atoms with Gasteiger partial charge in [-0.25, -0.2) is 4.98 Å². The number of para-hydroxylation sites is 1. The molecule has 2 N–H and O–H groups in total. The van der Waals surface area contributed by atoms with Crippen LogP contribution in [0.2, 0.25) is 5.02 Å². The molecule has 0 fully saturated rings. The van der Waals surface area contributed by atoms with Crippen molar-refractivity contribution in [3.05, 3.63) is 69.6 Å². The molecule has 0 saturated carbocycles. The normalized spacial score (nSPS) is 18.4. The fourth-order valence-electron chi connectivity index (χ4n) is 2.77. The van der Waals surface area contributed by atoms with Gasteiger partial charge in [0.25, 0.3) is 5.56 Å². The molecule has 1 aromatic carbocycles. The third-order valence-corrected chi connectivity index (χ3v) is 5.38. The molecule has 2 aliphatic rings. The lowest BCUT2D eigenvalue weighted by atomic mass is 10.1. The highest BCUT2D eigenvalue weighted by molar-refractivity contribution is 8.00. The van der Waals surface area contributed by atoms with Crippen LogP contribution in [-0.2, 0) is 0 Å². The van der Waals surface area contributed by atoms with Gasteiger partial charge in [0.05, 0.1) is 16.4 Å². The monoisotopic (exact) mass is 344 g/mol. The third-order valence-electron chi connectivity index (χ3n) is 3.85. The van der Waals surface area contributed by atoms with Crippen LogP contribution in [0.15, 0.2) is 58.3 Å². The largest absolute Gasteiger partial charge is 0.388 e. The van der Waals surface area contributed by atoms with Crippen molar-refractivity contribution in [3.8, 4) is 5.69 Å². The van der Waals surface area contributed by atoms with Crippen LogP contribution in [0.25, 0.3) is 11.3 Å². The summed E-state index contributed by atoms with van der Waals surface area (Å²) in [5, 5.41) is 6.94. The molecule has 116 valence electrons. The number of nitrogens with one attached hydrogen (secondary N) is 2. The van der Waals surface area contributed by atoms with E-state index in [1.165, 1.54) is 16.3 Å². The first-order valence-electron chi connectivity index (χ1n) is 7.09. The van der Waals surface area contributed by atoms with Crippen molar-refractivity contribution in [1.29, 1.82) is 0 Å². The van der Waals surface area contributed by atoms with E-state index in [9.17, 15) is 4.79 Å². The number of hydrogen-bond acceptors (Lipinski definition) is 5. The second kappa shape index (κ2) is 5.47. The van der Waals surface area contributed by atoms with Crippen molar-refractivity contribution in [2.24, 2.45) is 0 Å². The summed E-state index contributed by atoms with van der Waals surface area (Å²) < 4.78 is 1.50. The molecule has 0 spiro atoms. The van der Waals surface area contributed by atoms with Crippen molar-refractivity contribution in [3.63, 3.8) is 0 Å². The van der Waals surface area contributed by atoms with E-state index in [1.807, 2.05) is 37.5 Å². The zero-order chi connectivity index (χ0) is 16.0. The molecule has 1 aromatic heterocycles. The van der Waals surface area contributed by atoms with Crippen molar-refractivity contribution in [2.75, 3.05) is 7.05 Å². The van der Waals surface area contributed by atoms with Crippen LogP contribution in [0.3, 0.4) is 0 Å².